The van der Waals surface area contributed by atoms with E-state index < -0.39 is 29.7 Å². The summed E-state index contributed by atoms with van der Waals surface area (Å²) in [5, 5.41) is 51.2. The van der Waals surface area contributed by atoms with Crippen LogP contribution in [-0.4, -0.2) is 56.2 Å². The van der Waals surface area contributed by atoms with Crippen LogP contribution in [0, 0.1) is 0 Å². The highest BCUT2D eigenvalue weighted by Gasteiger charge is 2.51. The highest BCUT2D eigenvalue weighted by atomic mass is 16.5. The summed E-state index contributed by atoms with van der Waals surface area (Å²) < 4.78 is 5.02. The third kappa shape index (κ3) is 2.08. The first-order valence-electron chi connectivity index (χ1n) is 7.15. The molecule has 1 aromatic rings. The van der Waals surface area contributed by atoms with Gasteiger partial charge in [0.1, 0.15) is 29.3 Å². The number of phenols is 1. The van der Waals surface area contributed by atoms with Gasteiger partial charge < -0.3 is 30.3 Å². The smallest absolute Gasteiger partial charge is 0.193 e. The van der Waals surface area contributed by atoms with Crippen LogP contribution in [0.1, 0.15) is 35.4 Å². The maximum absolute atomic E-state index is 12.6. The number of methoxy groups -OCH3 is 1. The molecule has 0 aromatic heterocycles. The predicted octanol–water partition coefficient (Wildman–Crippen LogP) is -0.196. The lowest BCUT2D eigenvalue weighted by Gasteiger charge is -2.43. The van der Waals surface area contributed by atoms with Crippen LogP contribution in [0.15, 0.2) is 23.3 Å². The van der Waals surface area contributed by atoms with Crippen molar-refractivity contribution in [2.45, 2.75) is 37.3 Å². The minimum atomic E-state index is -1.89. The van der Waals surface area contributed by atoms with Gasteiger partial charge in [0.15, 0.2) is 5.78 Å². The number of ketones is 1. The molecule has 0 radical (unpaired) electrons. The monoisotopic (exact) mass is 322 g/mol. The summed E-state index contributed by atoms with van der Waals surface area (Å²) in [5.41, 5.74) is -1.92. The molecule has 7 heteroatoms. The molecule has 0 saturated carbocycles. The lowest BCUT2D eigenvalue weighted by Crippen LogP contribution is -2.55. The number of carbonyl (C=O) groups is 1. The lowest BCUT2D eigenvalue weighted by molar-refractivity contribution is -0.133. The lowest BCUT2D eigenvalue weighted by atomic mass is 9.69. The summed E-state index contributed by atoms with van der Waals surface area (Å²) in [7, 11) is 1.37. The van der Waals surface area contributed by atoms with Gasteiger partial charge in [-0.1, -0.05) is 0 Å². The molecule has 0 amide bonds. The normalized spacial score (nSPS) is 33.3. The van der Waals surface area contributed by atoms with Crippen LogP contribution < -0.4 is 4.74 Å². The SMILES string of the molecule is COc1cc(O)c2c(c1)C(O)C1=C(CC(O)C(C)(O)C1O)C2=O. The standard InChI is InChI=1S/C16H18O7/c1-16(22)10(18)5-8-12(15(16)21)14(20)7-3-6(23-2)4-9(17)11(7)13(8)19/h3-4,10,14-15,17-18,20-22H,5H2,1-2H3. The van der Waals surface area contributed by atoms with Gasteiger partial charge >= 0.3 is 0 Å². The van der Waals surface area contributed by atoms with E-state index in [4.69, 9.17) is 4.74 Å². The van der Waals surface area contributed by atoms with Gasteiger partial charge in [0.05, 0.1) is 18.8 Å². The number of hydrogen-bond donors (Lipinski definition) is 5. The number of ether oxygens (including phenoxy) is 1. The van der Waals surface area contributed by atoms with Gasteiger partial charge in [-0.25, -0.2) is 0 Å². The molecule has 4 atom stereocenters. The van der Waals surface area contributed by atoms with E-state index in [-0.39, 0.29) is 40.2 Å². The van der Waals surface area contributed by atoms with Crippen molar-refractivity contribution in [2.75, 3.05) is 7.11 Å². The number of rotatable bonds is 1. The van der Waals surface area contributed by atoms with Crippen molar-refractivity contribution in [3.8, 4) is 11.5 Å². The quantitative estimate of drug-likeness (QED) is 0.484. The Bertz CT molecular complexity index is 719. The first kappa shape index (κ1) is 15.9. The fourth-order valence-electron chi connectivity index (χ4n) is 3.24. The van der Waals surface area contributed by atoms with Gasteiger partial charge in [-0.3, -0.25) is 4.79 Å². The third-order valence-corrected chi connectivity index (χ3v) is 4.72. The molecule has 0 heterocycles. The van der Waals surface area contributed by atoms with Crippen molar-refractivity contribution >= 4 is 5.78 Å². The van der Waals surface area contributed by atoms with Crippen molar-refractivity contribution < 1.29 is 35.1 Å². The average Bonchev–Trinajstić information content (AvgIpc) is 2.49. The Morgan fingerprint density at radius 2 is 1.91 bits per heavy atom. The van der Waals surface area contributed by atoms with E-state index in [1.165, 1.54) is 26.2 Å². The Kier molecular flexibility index (Phi) is 3.49. The van der Waals surface area contributed by atoms with E-state index in [1.807, 2.05) is 0 Å². The van der Waals surface area contributed by atoms with Crippen molar-refractivity contribution in [1.82, 2.24) is 0 Å². The zero-order valence-corrected chi connectivity index (χ0v) is 12.6. The second-order valence-electron chi connectivity index (χ2n) is 6.12. The molecule has 124 valence electrons. The topological polar surface area (TPSA) is 127 Å². The molecular weight excluding hydrogens is 304 g/mol. The van der Waals surface area contributed by atoms with Gasteiger partial charge in [-0.05, 0) is 13.0 Å². The molecular formula is C16H18O7. The van der Waals surface area contributed by atoms with Crippen LogP contribution in [-0.2, 0) is 0 Å². The number of aliphatic hydroxyl groups is 4. The number of hydrogen-bond acceptors (Lipinski definition) is 7. The molecule has 0 bridgehead atoms. The van der Waals surface area contributed by atoms with E-state index in [2.05, 4.69) is 0 Å². The Morgan fingerprint density at radius 1 is 1.26 bits per heavy atom. The van der Waals surface area contributed by atoms with Gasteiger partial charge in [0.2, 0.25) is 0 Å². The van der Waals surface area contributed by atoms with Gasteiger partial charge in [0, 0.05) is 29.2 Å². The Labute approximate surface area is 132 Å². The van der Waals surface area contributed by atoms with E-state index in [0.717, 1.165) is 0 Å². The Hall–Kier alpha value is -1.93. The largest absolute Gasteiger partial charge is 0.507 e. The maximum atomic E-state index is 12.6. The van der Waals surface area contributed by atoms with E-state index in [0.29, 0.717) is 0 Å². The van der Waals surface area contributed by atoms with Gasteiger partial charge in [0.25, 0.3) is 0 Å². The molecule has 2 aliphatic rings. The van der Waals surface area contributed by atoms with Crippen LogP contribution in [0.5, 0.6) is 11.5 Å². The number of Topliss-reactive ketones (excluding diaryl/α,β-unsaturated/α-hetero) is 1. The maximum Gasteiger partial charge on any atom is 0.193 e. The summed E-state index contributed by atoms with van der Waals surface area (Å²) in [6, 6.07) is 2.65. The minimum absolute atomic E-state index is 0.0111. The van der Waals surface area contributed by atoms with Crippen molar-refractivity contribution in [1.29, 1.82) is 0 Å². The van der Waals surface area contributed by atoms with E-state index in [9.17, 15) is 30.3 Å². The Morgan fingerprint density at radius 3 is 2.52 bits per heavy atom. The molecule has 5 N–H and O–H groups in total. The molecule has 0 aliphatic heterocycles. The van der Waals surface area contributed by atoms with E-state index in [1.54, 1.807) is 0 Å². The van der Waals surface area contributed by atoms with Crippen LogP contribution in [0.4, 0.5) is 0 Å². The molecule has 0 saturated heterocycles. The van der Waals surface area contributed by atoms with Gasteiger partial charge in [-0.15, -0.1) is 0 Å². The number of carbonyl (C=O) groups excluding carboxylic acids is 1. The number of phenolic OH excluding ortho intramolecular Hbond substituents is 1. The summed E-state index contributed by atoms with van der Waals surface area (Å²) >= 11 is 0. The predicted molar refractivity (Wildman–Crippen MR) is 78.2 cm³/mol. The van der Waals surface area contributed by atoms with Crippen LogP contribution in [0.25, 0.3) is 0 Å². The molecule has 23 heavy (non-hydrogen) atoms. The van der Waals surface area contributed by atoms with Crippen LogP contribution in [0.3, 0.4) is 0 Å². The number of fused-ring (bicyclic) bond motifs is 1. The van der Waals surface area contributed by atoms with Crippen LogP contribution in [0.2, 0.25) is 0 Å². The summed E-state index contributed by atoms with van der Waals surface area (Å²) in [5.74, 6) is -0.695. The highest BCUT2D eigenvalue weighted by molar-refractivity contribution is 6.13. The molecule has 4 unspecified atom stereocenters. The van der Waals surface area contributed by atoms with Crippen LogP contribution >= 0.6 is 0 Å². The Balaban J connectivity index is 2.22. The fraction of sp³-hybridized carbons (Fsp3) is 0.438. The van der Waals surface area contributed by atoms with Gasteiger partial charge in [-0.2, -0.15) is 0 Å². The molecule has 0 fully saturated rings. The average molecular weight is 322 g/mol. The molecule has 7 nitrogen and oxygen atoms in total. The summed E-state index contributed by atoms with van der Waals surface area (Å²) in [6.07, 6.45) is -4.59. The summed E-state index contributed by atoms with van der Waals surface area (Å²) in [6.45, 7) is 1.24. The third-order valence-electron chi connectivity index (χ3n) is 4.72. The van der Waals surface area contributed by atoms with Crippen molar-refractivity contribution in [3.05, 3.63) is 34.4 Å². The van der Waals surface area contributed by atoms with E-state index >= 15 is 0 Å². The second-order valence-corrected chi connectivity index (χ2v) is 6.12. The van der Waals surface area contributed by atoms with Crippen molar-refractivity contribution in [2.24, 2.45) is 0 Å². The second kappa shape index (κ2) is 5.04. The molecule has 1 aromatic carbocycles. The minimum Gasteiger partial charge on any atom is -0.507 e. The zero-order valence-electron chi connectivity index (χ0n) is 12.6. The van der Waals surface area contributed by atoms with Crippen molar-refractivity contribution in [3.63, 3.8) is 0 Å². The number of aromatic hydroxyl groups is 1. The summed E-state index contributed by atoms with van der Waals surface area (Å²) in [4.78, 5) is 12.6. The molecule has 3 rings (SSSR count). The molecule has 0 spiro atoms. The fourth-order valence-corrected chi connectivity index (χ4v) is 3.24. The first-order valence-corrected chi connectivity index (χ1v) is 7.15. The highest BCUT2D eigenvalue weighted by Crippen LogP contribution is 2.47. The zero-order chi connectivity index (χ0) is 17.1. The number of benzene rings is 1. The number of aliphatic hydroxyl groups excluding tert-OH is 3. The first-order chi connectivity index (χ1) is 10.7. The molecule has 2 aliphatic carbocycles.